The van der Waals surface area contributed by atoms with Crippen LogP contribution in [0.15, 0.2) is 67.3 Å². The predicted octanol–water partition coefficient (Wildman–Crippen LogP) is 5.50. The number of unbranched alkanes of at least 4 members (excludes halogenated alkanes) is 3. The third-order valence-corrected chi connectivity index (χ3v) is 3.65. The molecular weight excluding hydrogens is 284 g/mol. The molecule has 2 rings (SSSR count). The van der Waals surface area contributed by atoms with Crippen molar-refractivity contribution in [2.45, 2.75) is 25.7 Å². The van der Waals surface area contributed by atoms with Gasteiger partial charge in [-0.25, -0.2) is 0 Å². The minimum atomic E-state index is 0.652. The van der Waals surface area contributed by atoms with Crippen LogP contribution in [0.3, 0.4) is 0 Å². The molecule has 0 heterocycles. The number of benzene rings is 2. The Morgan fingerprint density at radius 3 is 2.26 bits per heavy atom. The van der Waals surface area contributed by atoms with Crippen molar-refractivity contribution in [3.05, 3.63) is 67.3 Å². The zero-order chi connectivity index (χ0) is 16.2. The molecule has 0 aliphatic carbocycles. The lowest BCUT2D eigenvalue weighted by atomic mass is 10.1. The Morgan fingerprint density at radius 2 is 1.48 bits per heavy atom. The third-order valence-electron chi connectivity index (χ3n) is 3.65. The number of rotatable bonds is 11. The monoisotopic (exact) mass is 310 g/mol. The van der Waals surface area contributed by atoms with Crippen LogP contribution in [0.4, 0.5) is 0 Å². The molecule has 0 radical (unpaired) electrons. The van der Waals surface area contributed by atoms with Crippen LogP contribution < -0.4 is 4.74 Å². The van der Waals surface area contributed by atoms with Gasteiger partial charge in [-0.05, 0) is 30.9 Å². The van der Waals surface area contributed by atoms with Gasteiger partial charge in [0.25, 0.3) is 0 Å². The van der Waals surface area contributed by atoms with Crippen LogP contribution >= 0.6 is 0 Å². The topological polar surface area (TPSA) is 18.5 Å². The lowest BCUT2D eigenvalue weighted by Crippen LogP contribution is -1.99. The highest BCUT2D eigenvalue weighted by atomic mass is 16.5. The average molecular weight is 310 g/mol. The van der Waals surface area contributed by atoms with Gasteiger partial charge in [0, 0.05) is 12.2 Å². The van der Waals surface area contributed by atoms with Gasteiger partial charge in [-0.1, -0.05) is 61.0 Å². The fraction of sp³-hybridized carbons (Fsp3) is 0.333. The van der Waals surface area contributed by atoms with Crippen LogP contribution in [0.2, 0.25) is 0 Å². The van der Waals surface area contributed by atoms with Gasteiger partial charge in [-0.15, -0.1) is 6.58 Å². The molecular formula is C21H26O2. The van der Waals surface area contributed by atoms with Crippen molar-refractivity contribution in [2.75, 3.05) is 19.8 Å². The van der Waals surface area contributed by atoms with Crippen molar-refractivity contribution in [3.63, 3.8) is 0 Å². The average Bonchev–Trinajstić information content (AvgIpc) is 2.61. The molecule has 0 unspecified atom stereocenters. The molecule has 2 nitrogen and oxygen atoms in total. The van der Waals surface area contributed by atoms with Gasteiger partial charge in [0.15, 0.2) is 0 Å². The normalized spacial score (nSPS) is 10.4. The minimum Gasteiger partial charge on any atom is -0.493 e. The number of hydrogen-bond donors (Lipinski definition) is 0. The van der Waals surface area contributed by atoms with E-state index in [1.165, 1.54) is 18.4 Å². The maximum atomic E-state index is 5.99. The molecule has 0 atom stereocenters. The first-order valence-electron chi connectivity index (χ1n) is 8.37. The summed E-state index contributed by atoms with van der Waals surface area (Å²) in [5.41, 5.74) is 2.35. The second-order valence-corrected chi connectivity index (χ2v) is 5.49. The van der Waals surface area contributed by atoms with Gasteiger partial charge >= 0.3 is 0 Å². The molecule has 0 amide bonds. The Hall–Kier alpha value is -2.06. The molecule has 0 N–H and O–H groups in total. The second-order valence-electron chi connectivity index (χ2n) is 5.49. The van der Waals surface area contributed by atoms with E-state index in [1.54, 1.807) is 6.08 Å². The first kappa shape index (κ1) is 17.3. The molecule has 0 spiro atoms. The summed E-state index contributed by atoms with van der Waals surface area (Å²) in [7, 11) is 0. The van der Waals surface area contributed by atoms with E-state index in [9.17, 15) is 0 Å². The number of hydrogen-bond acceptors (Lipinski definition) is 2. The molecule has 2 aromatic carbocycles. The molecule has 0 aliphatic rings. The highest BCUT2D eigenvalue weighted by Crippen LogP contribution is 2.29. The third kappa shape index (κ3) is 6.29. The summed E-state index contributed by atoms with van der Waals surface area (Å²) in [6.07, 6.45) is 6.32. The van der Waals surface area contributed by atoms with Crippen molar-refractivity contribution in [2.24, 2.45) is 0 Å². The first-order valence-corrected chi connectivity index (χ1v) is 8.37. The van der Waals surface area contributed by atoms with E-state index in [-0.39, 0.29) is 0 Å². The molecule has 23 heavy (non-hydrogen) atoms. The van der Waals surface area contributed by atoms with Crippen molar-refractivity contribution >= 4 is 0 Å². The summed E-state index contributed by atoms with van der Waals surface area (Å²) in [5, 5.41) is 0. The van der Waals surface area contributed by atoms with Gasteiger partial charge in [0.1, 0.15) is 5.75 Å². The fourth-order valence-electron chi connectivity index (χ4n) is 2.46. The van der Waals surface area contributed by atoms with Crippen LogP contribution in [0.25, 0.3) is 11.1 Å². The van der Waals surface area contributed by atoms with Crippen molar-refractivity contribution in [1.82, 2.24) is 0 Å². The van der Waals surface area contributed by atoms with Gasteiger partial charge in [0.2, 0.25) is 0 Å². The Labute approximate surface area is 139 Å². The lowest BCUT2D eigenvalue weighted by molar-refractivity contribution is 0.156. The van der Waals surface area contributed by atoms with Crippen LogP contribution in [-0.4, -0.2) is 19.8 Å². The van der Waals surface area contributed by atoms with Crippen LogP contribution in [-0.2, 0) is 4.74 Å². The van der Waals surface area contributed by atoms with Crippen LogP contribution in [0.5, 0.6) is 5.75 Å². The summed E-state index contributed by atoms with van der Waals surface area (Å²) in [5.74, 6) is 0.966. The summed E-state index contributed by atoms with van der Waals surface area (Å²) < 4.78 is 11.4. The van der Waals surface area contributed by atoms with Gasteiger partial charge in [0.05, 0.1) is 13.2 Å². The highest BCUT2D eigenvalue weighted by Gasteiger charge is 2.04. The maximum Gasteiger partial charge on any atom is 0.127 e. The number of para-hydroxylation sites is 1. The Kier molecular flexibility index (Phi) is 7.99. The molecule has 122 valence electrons. The molecule has 0 saturated carbocycles. The van der Waals surface area contributed by atoms with E-state index in [4.69, 9.17) is 9.47 Å². The summed E-state index contributed by atoms with van der Waals surface area (Å²) in [6.45, 7) is 5.87. The molecule has 0 saturated heterocycles. The summed E-state index contributed by atoms with van der Waals surface area (Å²) in [6, 6.07) is 18.6. The summed E-state index contributed by atoms with van der Waals surface area (Å²) in [4.78, 5) is 0. The smallest absolute Gasteiger partial charge is 0.127 e. The Morgan fingerprint density at radius 1 is 0.783 bits per heavy atom. The first-order chi connectivity index (χ1) is 11.4. The Bertz CT molecular complexity index is 563. The molecule has 0 aromatic heterocycles. The Balaban J connectivity index is 1.71. The molecule has 2 heteroatoms. The fourth-order valence-corrected chi connectivity index (χ4v) is 2.46. The molecule has 0 aliphatic heterocycles. The quantitative estimate of drug-likeness (QED) is 0.403. The predicted molar refractivity (Wildman–Crippen MR) is 96.9 cm³/mol. The standard InChI is InChI=1S/C21H26O2/c1-2-16-22-17-10-3-4-11-18-23-21-15-9-8-14-20(21)19-12-6-5-7-13-19/h2,5-9,12-15H,1,3-4,10-11,16-18H2. The SMILES string of the molecule is C=CCOCCCCCCOc1ccccc1-c1ccccc1. The van der Waals surface area contributed by atoms with Crippen molar-refractivity contribution in [1.29, 1.82) is 0 Å². The van der Waals surface area contributed by atoms with E-state index >= 15 is 0 Å². The van der Waals surface area contributed by atoms with E-state index in [2.05, 4.69) is 43.0 Å². The van der Waals surface area contributed by atoms with E-state index in [0.717, 1.165) is 37.4 Å². The summed E-state index contributed by atoms with van der Waals surface area (Å²) >= 11 is 0. The molecule has 0 bridgehead atoms. The van der Waals surface area contributed by atoms with Gasteiger partial charge < -0.3 is 9.47 Å². The van der Waals surface area contributed by atoms with Crippen LogP contribution in [0, 0.1) is 0 Å². The van der Waals surface area contributed by atoms with Crippen molar-refractivity contribution in [3.8, 4) is 16.9 Å². The zero-order valence-electron chi connectivity index (χ0n) is 13.7. The van der Waals surface area contributed by atoms with Gasteiger partial charge in [-0.2, -0.15) is 0 Å². The van der Waals surface area contributed by atoms with E-state index in [0.29, 0.717) is 6.61 Å². The van der Waals surface area contributed by atoms with Gasteiger partial charge in [-0.3, -0.25) is 0 Å². The molecule has 0 fully saturated rings. The molecule has 2 aromatic rings. The lowest BCUT2D eigenvalue weighted by Gasteiger charge is -2.11. The maximum absolute atomic E-state index is 5.99. The minimum absolute atomic E-state index is 0.652. The zero-order valence-corrected chi connectivity index (χ0v) is 13.7. The largest absolute Gasteiger partial charge is 0.493 e. The van der Waals surface area contributed by atoms with Crippen LogP contribution in [0.1, 0.15) is 25.7 Å². The van der Waals surface area contributed by atoms with E-state index < -0.39 is 0 Å². The van der Waals surface area contributed by atoms with E-state index in [1.807, 2.05) is 18.2 Å². The number of ether oxygens (including phenoxy) is 2. The highest BCUT2D eigenvalue weighted by molar-refractivity contribution is 5.70. The second kappa shape index (κ2) is 10.6. The van der Waals surface area contributed by atoms with Crippen molar-refractivity contribution < 1.29 is 9.47 Å².